The van der Waals surface area contributed by atoms with Gasteiger partial charge in [-0.25, -0.2) is 4.79 Å². The maximum atomic E-state index is 12.5. The van der Waals surface area contributed by atoms with Gasteiger partial charge in [0.2, 0.25) is 5.88 Å². The molecule has 2 rings (SSSR count). The number of carbonyl (C=O) groups is 1. The standard InChI is InChI=1S/C18H20N2O5/c1-11-15(18(21)24-9-8-22-2)16(14(10-19)17(20)25-11)12-4-6-13(23-3)7-5-12/h4-7,16H,8-9,20H2,1-3H3/t16-/m0/s1. The topological polar surface area (TPSA) is 104 Å². The summed E-state index contributed by atoms with van der Waals surface area (Å²) in [6.07, 6.45) is 0. The van der Waals surface area contributed by atoms with Crippen molar-refractivity contribution in [2.24, 2.45) is 5.73 Å². The van der Waals surface area contributed by atoms with Crippen molar-refractivity contribution in [2.45, 2.75) is 12.8 Å². The monoisotopic (exact) mass is 344 g/mol. The fraction of sp³-hybridized carbons (Fsp3) is 0.333. The average Bonchev–Trinajstić information content (AvgIpc) is 2.61. The van der Waals surface area contributed by atoms with Gasteiger partial charge >= 0.3 is 5.97 Å². The molecule has 0 bridgehead atoms. The molecule has 25 heavy (non-hydrogen) atoms. The van der Waals surface area contributed by atoms with Crippen molar-refractivity contribution in [1.82, 2.24) is 0 Å². The summed E-state index contributed by atoms with van der Waals surface area (Å²) < 4.78 is 20.6. The number of ether oxygens (including phenoxy) is 4. The fourth-order valence-electron chi connectivity index (χ4n) is 2.57. The van der Waals surface area contributed by atoms with E-state index in [1.54, 1.807) is 38.3 Å². The van der Waals surface area contributed by atoms with Gasteiger partial charge in [-0.3, -0.25) is 0 Å². The summed E-state index contributed by atoms with van der Waals surface area (Å²) in [5, 5.41) is 9.51. The van der Waals surface area contributed by atoms with Crippen LogP contribution in [0.4, 0.5) is 0 Å². The van der Waals surface area contributed by atoms with E-state index in [1.807, 2.05) is 6.07 Å². The minimum atomic E-state index is -0.667. The summed E-state index contributed by atoms with van der Waals surface area (Å²) >= 11 is 0. The lowest BCUT2D eigenvalue weighted by atomic mass is 9.83. The molecule has 1 aromatic carbocycles. The zero-order valence-electron chi connectivity index (χ0n) is 14.4. The van der Waals surface area contributed by atoms with Crippen LogP contribution in [-0.4, -0.2) is 33.4 Å². The lowest BCUT2D eigenvalue weighted by Gasteiger charge is -2.27. The first-order valence-electron chi connectivity index (χ1n) is 7.61. The molecule has 0 saturated carbocycles. The number of allylic oxidation sites excluding steroid dienone is 2. The zero-order chi connectivity index (χ0) is 18.4. The molecule has 132 valence electrons. The van der Waals surface area contributed by atoms with Gasteiger partial charge in [0, 0.05) is 7.11 Å². The number of benzene rings is 1. The van der Waals surface area contributed by atoms with Crippen LogP contribution in [0.3, 0.4) is 0 Å². The van der Waals surface area contributed by atoms with E-state index in [2.05, 4.69) is 0 Å². The quantitative estimate of drug-likeness (QED) is 0.621. The van der Waals surface area contributed by atoms with Crippen LogP contribution >= 0.6 is 0 Å². The van der Waals surface area contributed by atoms with E-state index in [-0.39, 0.29) is 30.2 Å². The molecule has 0 spiro atoms. The predicted molar refractivity (Wildman–Crippen MR) is 89.2 cm³/mol. The number of nitrogens with zero attached hydrogens (tertiary/aromatic N) is 1. The van der Waals surface area contributed by atoms with Crippen LogP contribution in [0.15, 0.2) is 47.1 Å². The van der Waals surface area contributed by atoms with Crippen LogP contribution < -0.4 is 10.5 Å². The van der Waals surface area contributed by atoms with Crippen molar-refractivity contribution in [2.75, 3.05) is 27.4 Å². The van der Waals surface area contributed by atoms with Gasteiger partial charge in [0.15, 0.2) is 0 Å². The van der Waals surface area contributed by atoms with E-state index in [1.165, 1.54) is 7.11 Å². The van der Waals surface area contributed by atoms with Crippen molar-refractivity contribution in [3.63, 3.8) is 0 Å². The van der Waals surface area contributed by atoms with Gasteiger partial charge < -0.3 is 24.7 Å². The molecular weight excluding hydrogens is 324 g/mol. The molecule has 1 atom stereocenters. The van der Waals surface area contributed by atoms with E-state index < -0.39 is 11.9 Å². The summed E-state index contributed by atoms with van der Waals surface area (Å²) in [6, 6.07) is 9.08. The molecule has 7 heteroatoms. The molecule has 2 N–H and O–H groups in total. The van der Waals surface area contributed by atoms with Gasteiger partial charge in [0.05, 0.1) is 25.2 Å². The number of nitrogens with two attached hydrogens (primary N) is 1. The normalized spacial score (nSPS) is 17.0. The lowest BCUT2D eigenvalue weighted by Crippen LogP contribution is -2.26. The summed E-state index contributed by atoms with van der Waals surface area (Å²) in [5.74, 6) is -0.291. The summed E-state index contributed by atoms with van der Waals surface area (Å²) in [5.41, 5.74) is 6.97. The van der Waals surface area contributed by atoms with Crippen LogP contribution in [-0.2, 0) is 19.0 Å². The molecule has 0 fully saturated rings. The van der Waals surface area contributed by atoms with Gasteiger partial charge in [0.1, 0.15) is 29.8 Å². The Balaban J connectivity index is 2.44. The molecule has 7 nitrogen and oxygen atoms in total. The Morgan fingerprint density at radius 3 is 2.52 bits per heavy atom. The second kappa shape index (κ2) is 8.22. The molecule has 0 aromatic heterocycles. The van der Waals surface area contributed by atoms with Gasteiger partial charge in [-0.1, -0.05) is 12.1 Å². The SMILES string of the molecule is COCCOC(=O)C1=C(C)OC(N)=C(C#N)[C@@H]1c1ccc(OC)cc1. The van der Waals surface area contributed by atoms with Crippen LogP contribution in [0, 0.1) is 11.3 Å². The third-order valence-corrected chi connectivity index (χ3v) is 3.80. The largest absolute Gasteiger partial charge is 0.497 e. The molecule has 1 aliphatic rings. The van der Waals surface area contributed by atoms with Gasteiger partial charge in [0.25, 0.3) is 0 Å². The first-order chi connectivity index (χ1) is 12.0. The number of hydrogen-bond donors (Lipinski definition) is 1. The molecule has 1 aromatic rings. The Kier molecular flexibility index (Phi) is 6.03. The van der Waals surface area contributed by atoms with Crippen LogP contribution in [0.5, 0.6) is 5.75 Å². The van der Waals surface area contributed by atoms with Crippen LogP contribution in [0.1, 0.15) is 18.4 Å². The summed E-state index contributed by atoms with van der Waals surface area (Å²) in [7, 11) is 3.07. The second-order valence-electron chi connectivity index (χ2n) is 5.30. The first-order valence-corrected chi connectivity index (χ1v) is 7.61. The fourth-order valence-corrected chi connectivity index (χ4v) is 2.57. The van der Waals surface area contributed by atoms with Gasteiger partial charge in [-0.05, 0) is 24.6 Å². The van der Waals surface area contributed by atoms with E-state index in [9.17, 15) is 10.1 Å². The molecule has 0 saturated heterocycles. The van der Waals surface area contributed by atoms with E-state index in [0.717, 1.165) is 0 Å². The Morgan fingerprint density at radius 2 is 1.96 bits per heavy atom. The third-order valence-electron chi connectivity index (χ3n) is 3.80. The highest BCUT2D eigenvalue weighted by Crippen LogP contribution is 2.39. The predicted octanol–water partition coefficient (Wildman–Crippen LogP) is 1.97. The molecule has 0 radical (unpaired) electrons. The molecule has 0 unspecified atom stereocenters. The molecule has 0 amide bonds. The minimum absolute atomic E-state index is 0.0192. The van der Waals surface area contributed by atoms with Crippen LogP contribution in [0.2, 0.25) is 0 Å². The Bertz CT molecular complexity index is 744. The van der Waals surface area contributed by atoms with E-state index >= 15 is 0 Å². The Labute approximate surface area is 146 Å². The summed E-state index contributed by atoms with van der Waals surface area (Å²) in [4.78, 5) is 12.5. The van der Waals surface area contributed by atoms with Crippen LogP contribution in [0.25, 0.3) is 0 Å². The Morgan fingerprint density at radius 1 is 1.28 bits per heavy atom. The maximum absolute atomic E-state index is 12.5. The average molecular weight is 344 g/mol. The molecular formula is C18H20N2O5. The van der Waals surface area contributed by atoms with Crippen molar-refractivity contribution >= 4 is 5.97 Å². The summed E-state index contributed by atoms with van der Waals surface area (Å²) in [6.45, 7) is 1.99. The molecule has 1 heterocycles. The smallest absolute Gasteiger partial charge is 0.338 e. The Hall–Kier alpha value is -2.98. The highest BCUT2D eigenvalue weighted by Gasteiger charge is 2.36. The second-order valence-corrected chi connectivity index (χ2v) is 5.30. The van der Waals surface area contributed by atoms with Gasteiger partial charge in [-0.15, -0.1) is 0 Å². The zero-order valence-corrected chi connectivity index (χ0v) is 14.4. The molecule has 0 aliphatic carbocycles. The molecule has 1 aliphatic heterocycles. The third kappa shape index (κ3) is 3.92. The number of hydrogen-bond acceptors (Lipinski definition) is 7. The van der Waals surface area contributed by atoms with Crippen molar-refractivity contribution in [3.8, 4) is 11.8 Å². The number of carbonyl (C=O) groups excluding carboxylic acids is 1. The van der Waals surface area contributed by atoms with E-state index in [4.69, 9.17) is 24.7 Å². The number of nitriles is 1. The number of rotatable bonds is 6. The first kappa shape index (κ1) is 18.4. The van der Waals surface area contributed by atoms with E-state index in [0.29, 0.717) is 17.1 Å². The van der Waals surface area contributed by atoms with Crippen molar-refractivity contribution in [3.05, 3.63) is 52.6 Å². The van der Waals surface area contributed by atoms with Crippen molar-refractivity contribution in [1.29, 1.82) is 5.26 Å². The lowest BCUT2D eigenvalue weighted by molar-refractivity contribution is -0.140. The highest BCUT2D eigenvalue weighted by molar-refractivity contribution is 5.92. The number of esters is 1. The maximum Gasteiger partial charge on any atom is 0.338 e. The number of methoxy groups -OCH3 is 2. The van der Waals surface area contributed by atoms with Crippen molar-refractivity contribution < 1.29 is 23.7 Å². The minimum Gasteiger partial charge on any atom is -0.497 e. The van der Waals surface area contributed by atoms with Gasteiger partial charge in [-0.2, -0.15) is 5.26 Å². The highest BCUT2D eigenvalue weighted by atomic mass is 16.6.